The van der Waals surface area contributed by atoms with E-state index in [2.05, 4.69) is 60.4 Å². The number of hydrogen-bond acceptors (Lipinski definition) is 2. The fourth-order valence-corrected chi connectivity index (χ4v) is 3.37. The first-order valence-electron chi connectivity index (χ1n) is 9.04. The van der Waals surface area contributed by atoms with E-state index in [1.807, 2.05) is 53.2 Å². The van der Waals surface area contributed by atoms with Crippen LogP contribution in [0.2, 0.25) is 19.6 Å². The second kappa shape index (κ2) is 6.86. The Bertz CT molecular complexity index is 1140. The normalized spacial score (nSPS) is 11.2. The zero-order valence-corrected chi connectivity index (χ0v) is 16.8. The molecule has 0 aliphatic rings. The van der Waals surface area contributed by atoms with E-state index >= 15 is 0 Å². The van der Waals surface area contributed by atoms with Crippen molar-refractivity contribution in [2.75, 3.05) is 0 Å². The molecule has 2 aromatic heterocycles. The molecule has 2 aromatic carbocycles. The molecule has 0 aliphatic heterocycles. The van der Waals surface area contributed by atoms with Gasteiger partial charge in [0.2, 0.25) is 0 Å². The Labute approximate surface area is 160 Å². The minimum absolute atomic E-state index is 0.813. The smallest absolute Gasteiger partial charge is 0.157 e. The van der Waals surface area contributed by atoms with Crippen LogP contribution in [-0.2, 0) is 0 Å². The third kappa shape index (κ3) is 3.69. The first kappa shape index (κ1) is 17.3. The summed E-state index contributed by atoms with van der Waals surface area (Å²) in [5.74, 6) is 3.43. The molecule has 4 heteroatoms. The van der Waals surface area contributed by atoms with Crippen molar-refractivity contribution in [3.8, 4) is 33.8 Å². The Kier molecular flexibility index (Phi) is 4.39. The summed E-state index contributed by atoms with van der Waals surface area (Å²) in [6, 6.07) is 22.5. The Morgan fingerprint density at radius 3 is 2.11 bits per heavy atom. The summed E-state index contributed by atoms with van der Waals surface area (Å²) in [6.07, 6.45) is 1.91. The number of fused-ring (bicyclic) bond motifs is 1. The van der Waals surface area contributed by atoms with Gasteiger partial charge in [-0.15, -0.1) is 5.54 Å². The third-order valence-electron chi connectivity index (χ3n) is 4.19. The van der Waals surface area contributed by atoms with Crippen LogP contribution in [0.1, 0.15) is 5.69 Å². The molecular weight excluding hydrogens is 346 g/mol. The molecule has 0 atom stereocenters. The molecule has 0 fully saturated rings. The molecule has 0 N–H and O–H groups in total. The van der Waals surface area contributed by atoms with Crippen molar-refractivity contribution < 1.29 is 0 Å². The van der Waals surface area contributed by atoms with Gasteiger partial charge >= 0.3 is 0 Å². The zero-order chi connectivity index (χ0) is 18.9. The summed E-state index contributed by atoms with van der Waals surface area (Å²) in [6.45, 7) is 6.75. The van der Waals surface area contributed by atoms with E-state index in [0.717, 1.165) is 33.7 Å². The van der Waals surface area contributed by atoms with Gasteiger partial charge in [-0.05, 0) is 5.56 Å². The maximum atomic E-state index is 4.84. The van der Waals surface area contributed by atoms with Crippen LogP contribution in [0.3, 0.4) is 0 Å². The SMILES string of the molecule is C[Si](C)(C)C#Cc1c(-c2ccccc2)cnc2cc(-c3ccccc3)nn12. The van der Waals surface area contributed by atoms with Gasteiger partial charge in [0, 0.05) is 23.4 Å². The summed E-state index contributed by atoms with van der Waals surface area (Å²) < 4.78 is 1.89. The summed E-state index contributed by atoms with van der Waals surface area (Å²) >= 11 is 0. The van der Waals surface area contributed by atoms with Gasteiger partial charge < -0.3 is 0 Å². The predicted octanol–water partition coefficient (Wildman–Crippen LogP) is 5.29. The maximum Gasteiger partial charge on any atom is 0.157 e. The molecule has 0 saturated heterocycles. The average Bonchev–Trinajstić information content (AvgIpc) is 3.11. The third-order valence-corrected chi connectivity index (χ3v) is 5.07. The highest BCUT2D eigenvalue weighted by atomic mass is 28.3. The topological polar surface area (TPSA) is 30.2 Å². The van der Waals surface area contributed by atoms with Gasteiger partial charge in [-0.3, -0.25) is 0 Å². The minimum Gasteiger partial charge on any atom is -0.236 e. The molecule has 2 heterocycles. The van der Waals surface area contributed by atoms with Crippen molar-refractivity contribution in [3.05, 3.63) is 78.6 Å². The van der Waals surface area contributed by atoms with E-state index in [1.165, 1.54) is 0 Å². The van der Waals surface area contributed by atoms with Crippen LogP contribution in [0, 0.1) is 11.5 Å². The second-order valence-electron chi connectivity index (χ2n) is 7.55. The lowest BCUT2D eigenvalue weighted by molar-refractivity contribution is 0.930. The standard InChI is InChI=1S/C23H21N3Si/c1-27(2,3)15-14-22-20(18-10-6-4-7-11-18)17-24-23-16-21(25-26(22)23)19-12-8-5-9-13-19/h4-13,16-17H,1-3H3. The van der Waals surface area contributed by atoms with Crippen LogP contribution >= 0.6 is 0 Å². The first-order chi connectivity index (χ1) is 13.0. The Morgan fingerprint density at radius 2 is 1.48 bits per heavy atom. The van der Waals surface area contributed by atoms with Gasteiger partial charge in [0.15, 0.2) is 5.65 Å². The number of aromatic nitrogens is 3. The van der Waals surface area contributed by atoms with Crippen LogP contribution in [0.15, 0.2) is 72.9 Å². The zero-order valence-electron chi connectivity index (χ0n) is 15.8. The van der Waals surface area contributed by atoms with Crippen molar-refractivity contribution in [3.63, 3.8) is 0 Å². The molecular formula is C23H21N3Si. The molecule has 4 rings (SSSR count). The van der Waals surface area contributed by atoms with Crippen LogP contribution < -0.4 is 0 Å². The predicted molar refractivity (Wildman–Crippen MR) is 114 cm³/mol. The van der Waals surface area contributed by atoms with Crippen molar-refractivity contribution >= 4 is 13.7 Å². The van der Waals surface area contributed by atoms with Crippen LogP contribution in [0.4, 0.5) is 0 Å². The van der Waals surface area contributed by atoms with E-state index in [1.54, 1.807) is 0 Å². The van der Waals surface area contributed by atoms with E-state index in [-0.39, 0.29) is 0 Å². The summed E-state index contributed by atoms with van der Waals surface area (Å²) in [7, 11) is -1.53. The molecule has 27 heavy (non-hydrogen) atoms. The summed E-state index contributed by atoms with van der Waals surface area (Å²) in [4.78, 5) is 4.65. The lowest BCUT2D eigenvalue weighted by Crippen LogP contribution is -2.16. The molecule has 0 radical (unpaired) electrons. The molecule has 0 spiro atoms. The van der Waals surface area contributed by atoms with Gasteiger partial charge in [0.25, 0.3) is 0 Å². The molecule has 0 bridgehead atoms. The van der Waals surface area contributed by atoms with Gasteiger partial charge in [0.05, 0.1) is 5.69 Å². The second-order valence-corrected chi connectivity index (χ2v) is 12.3. The van der Waals surface area contributed by atoms with Crippen molar-refractivity contribution in [1.29, 1.82) is 0 Å². The maximum absolute atomic E-state index is 4.84. The summed E-state index contributed by atoms with van der Waals surface area (Å²) in [5.41, 5.74) is 9.30. The van der Waals surface area contributed by atoms with Crippen LogP contribution in [0.5, 0.6) is 0 Å². The molecule has 3 nitrogen and oxygen atoms in total. The molecule has 0 unspecified atom stereocenters. The van der Waals surface area contributed by atoms with Gasteiger partial charge in [0.1, 0.15) is 13.8 Å². The monoisotopic (exact) mass is 367 g/mol. The van der Waals surface area contributed by atoms with Crippen LogP contribution in [-0.4, -0.2) is 22.7 Å². The van der Waals surface area contributed by atoms with Crippen molar-refractivity contribution in [2.45, 2.75) is 19.6 Å². The highest BCUT2D eigenvalue weighted by Gasteiger charge is 2.14. The number of benzene rings is 2. The first-order valence-corrected chi connectivity index (χ1v) is 12.5. The van der Waals surface area contributed by atoms with E-state index in [9.17, 15) is 0 Å². The van der Waals surface area contributed by atoms with Crippen molar-refractivity contribution in [2.24, 2.45) is 0 Å². The number of rotatable bonds is 2. The lowest BCUT2D eigenvalue weighted by atomic mass is 10.1. The molecule has 132 valence electrons. The van der Waals surface area contributed by atoms with Gasteiger partial charge in [-0.25, -0.2) is 9.50 Å². The fourth-order valence-electron chi connectivity index (χ4n) is 2.88. The minimum atomic E-state index is -1.53. The van der Waals surface area contributed by atoms with Crippen molar-refractivity contribution in [1.82, 2.24) is 14.6 Å². The fraction of sp³-hybridized carbons (Fsp3) is 0.130. The van der Waals surface area contributed by atoms with Gasteiger partial charge in [-0.2, -0.15) is 5.10 Å². The largest absolute Gasteiger partial charge is 0.236 e. The highest BCUT2D eigenvalue weighted by molar-refractivity contribution is 6.83. The Morgan fingerprint density at radius 1 is 0.852 bits per heavy atom. The number of hydrogen-bond donors (Lipinski definition) is 0. The highest BCUT2D eigenvalue weighted by Crippen LogP contribution is 2.25. The lowest BCUT2D eigenvalue weighted by Gasteiger charge is -2.08. The molecule has 0 saturated carbocycles. The van der Waals surface area contributed by atoms with Gasteiger partial charge in [-0.1, -0.05) is 86.2 Å². The number of nitrogens with zero attached hydrogens (tertiary/aromatic N) is 3. The molecule has 0 amide bonds. The molecule has 4 aromatic rings. The van der Waals surface area contributed by atoms with Crippen LogP contribution in [0.25, 0.3) is 28.0 Å². The Hall–Kier alpha value is -3.16. The molecule has 0 aliphatic carbocycles. The van der Waals surface area contributed by atoms with E-state index < -0.39 is 8.07 Å². The van der Waals surface area contributed by atoms with E-state index in [0.29, 0.717) is 0 Å². The van der Waals surface area contributed by atoms with E-state index in [4.69, 9.17) is 5.10 Å². The Balaban J connectivity index is 1.97. The summed E-state index contributed by atoms with van der Waals surface area (Å²) in [5, 5.41) is 4.84. The average molecular weight is 368 g/mol. The quantitative estimate of drug-likeness (QED) is 0.356.